The standard InChI is InChI=1S/C25H39N3O3/c1-4-5-6-7-8-13-28-15-14-27(17-24(28)19(2)29)18-25(30)21-11-12-26-23-10-9-20(31-3)16-22(21)23/h9-12,16,19,24-25,29-30H,4-8,13-15,17-18H2,1-3H3/t19?,24-,25?/m1/s1. The van der Waals surface area contributed by atoms with E-state index in [9.17, 15) is 10.2 Å². The first kappa shape index (κ1) is 23.9. The van der Waals surface area contributed by atoms with Gasteiger partial charge in [-0.2, -0.15) is 0 Å². The molecule has 0 spiro atoms. The van der Waals surface area contributed by atoms with E-state index in [0.717, 1.165) is 48.4 Å². The smallest absolute Gasteiger partial charge is 0.119 e. The topological polar surface area (TPSA) is 69.1 Å². The van der Waals surface area contributed by atoms with E-state index in [0.29, 0.717) is 6.54 Å². The molecule has 0 saturated carbocycles. The fraction of sp³-hybridized carbons (Fsp3) is 0.640. The molecule has 6 nitrogen and oxygen atoms in total. The molecule has 0 radical (unpaired) electrons. The summed E-state index contributed by atoms with van der Waals surface area (Å²) in [5, 5.41) is 22.4. The lowest BCUT2D eigenvalue weighted by Gasteiger charge is -2.43. The van der Waals surface area contributed by atoms with Gasteiger partial charge in [0, 0.05) is 43.8 Å². The van der Waals surface area contributed by atoms with Gasteiger partial charge in [-0.25, -0.2) is 0 Å². The fourth-order valence-electron chi connectivity index (χ4n) is 4.63. The summed E-state index contributed by atoms with van der Waals surface area (Å²) in [7, 11) is 1.65. The first-order valence-corrected chi connectivity index (χ1v) is 11.8. The average molecular weight is 430 g/mol. The van der Waals surface area contributed by atoms with Crippen LogP contribution in [-0.2, 0) is 0 Å². The first-order chi connectivity index (χ1) is 15.0. The van der Waals surface area contributed by atoms with E-state index in [2.05, 4.69) is 21.7 Å². The Balaban J connectivity index is 1.62. The molecule has 1 aliphatic rings. The van der Waals surface area contributed by atoms with Gasteiger partial charge in [-0.05, 0) is 49.7 Å². The molecule has 0 aliphatic carbocycles. The van der Waals surface area contributed by atoms with Crippen LogP contribution in [0.2, 0.25) is 0 Å². The Morgan fingerprint density at radius 2 is 1.94 bits per heavy atom. The van der Waals surface area contributed by atoms with Crippen molar-refractivity contribution in [2.24, 2.45) is 0 Å². The number of aliphatic hydroxyl groups excluding tert-OH is 2. The number of aromatic nitrogens is 1. The molecular weight excluding hydrogens is 390 g/mol. The molecule has 0 amide bonds. The van der Waals surface area contributed by atoms with Crippen molar-refractivity contribution in [1.29, 1.82) is 0 Å². The first-order valence-electron chi connectivity index (χ1n) is 11.8. The van der Waals surface area contributed by atoms with Crippen molar-refractivity contribution in [2.75, 3.05) is 39.8 Å². The quantitative estimate of drug-likeness (QED) is 0.532. The summed E-state index contributed by atoms with van der Waals surface area (Å²) < 4.78 is 5.36. The summed E-state index contributed by atoms with van der Waals surface area (Å²) in [5.74, 6) is 0.760. The number of nitrogens with zero attached hydrogens (tertiary/aromatic N) is 3. The second kappa shape index (κ2) is 11.8. The van der Waals surface area contributed by atoms with Crippen LogP contribution in [0.5, 0.6) is 5.75 Å². The normalized spacial score (nSPS) is 20.1. The zero-order valence-corrected chi connectivity index (χ0v) is 19.3. The highest BCUT2D eigenvalue weighted by Gasteiger charge is 2.31. The van der Waals surface area contributed by atoms with Crippen LogP contribution in [0.4, 0.5) is 0 Å². The van der Waals surface area contributed by atoms with Gasteiger partial charge in [-0.3, -0.25) is 14.8 Å². The molecule has 1 saturated heterocycles. The largest absolute Gasteiger partial charge is 0.497 e. The van der Waals surface area contributed by atoms with E-state index in [1.165, 1.54) is 32.1 Å². The predicted octanol–water partition coefficient (Wildman–Crippen LogP) is 3.61. The number of hydrogen-bond donors (Lipinski definition) is 2. The van der Waals surface area contributed by atoms with Crippen molar-refractivity contribution < 1.29 is 14.9 Å². The number of fused-ring (bicyclic) bond motifs is 1. The van der Waals surface area contributed by atoms with Crippen LogP contribution in [-0.4, -0.2) is 77.0 Å². The Bertz CT molecular complexity index is 814. The number of piperazine rings is 1. The molecule has 1 fully saturated rings. The molecule has 6 heteroatoms. The zero-order valence-electron chi connectivity index (χ0n) is 19.3. The highest BCUT2D eigenvalue weighted by Crippen LogP contribution is 2.28. The van der Waals surface area contributed by atoms with Crippen LogP contribution >= 0.6 is 0 Å². The third-order valence-electron chi connectivity index (χ3n) is 6.50. The highest BCUT2D eigenvalue weighted by molar-refractivity contribution is 5.83. The minimum atomic E-state index is -0.618. The van der Waals surface area contributed by atoms with E-state index >= 15 is 0 Å². The van der Waals surface area contributed by atoms with Gasteiger partial charge >= 0.3 is 0 Å². The Labute approximate surface area is 186 Å². The van der Waals surface area contributed by atoms with Crippen LogP contribution in [0.25, 0.3) is 10.9 Å². The molecule has 2 aromatic rings. The number of aliphatic hydroxyl groups is 2. The molecule has 2 heterocycles. The zero-order chi connectivity index (χ0) is 22.2. The molecule has 172 valence electrons. The molecule has 1 aromatic heterocycles. The predicted molar refractivity (Wildman–Crippen MR) is 125 cm³/mol. The van der Waals surface area contributed by atoms with Crippen molar-refractivity contribution >= 4 is 10.9 Å². The van der Waals surface area contributed by atoms with Gasteiger partial charge in [0.05, 0.1) is 24.8 Å². The highest BCUT2D eigenvalue weighted by atomic mass is 16.5. The molecule has 3 atom stereocenters. The van der Waals surface area contributed by atoms with Crippen molar-refractivity contribution in [3.63, 3.8) is 0 Å². The summed E-state index contributed by atoms with van der Waals surface area (Å²) in [6.07, 6.45) is 7.07. The number of β-amino-alcohol motifs (C(OH)–C–C–N with tert-alkyl or cyclic N) is 1. The number of hydrogen-bond acceptors (Lipinski definition) is 6. The summed E-state index contributed by atoms with van der Waals surface area (Å²) in [6, 6.07) is 7.76. The second-order valence-electron chi connectivity index (χ2n) is 8.82. The Morgan fingerprint density at radius 3 is 2.68 bits per heavy atom. The van der Waals surface area contributed by atoms with Gasteiger partial charge in [0.25, 0.3) is 0 Å². The molecule has 2 unspecified atom stereocenters. The molecule has 1 aromatic carbocycles. The maximum atomic E-state index is 11.1. The Kier molecular flexibility index (Phi) is 9.08. The van der Waals surface area contributed by atoms with Crippen molar-refractivity contribution in [2.45, 2.75) is 64.2 Å². The number of benzene rings is 1. The Hall–Kier alpha value is -1.73. The maximum Gasteiger partial charge on any atom is 0.119 e. The summed E-state index contributed by atoms with van der Waals surface area (Å²) in [6.45, 7) is 8.33. The lowest BCUT2D eigenvalue weighted by molar-refractivity contribution is -0.0127. The van der Waals surface area contributed by atoms with E-state index < -0.39 is 6.10 Å². The summed E-state index contributed by atoms with van der Waals surface area (Å²) in [5.41, 5.74) is 1.72. The van der Waals surface area contributed by atoms with Crippen molar-refractivity contribution in [3.8, 4) is 5.75 Å². The van der Waals surface area contributed by atoms with Gasteiger partial charge in [0.2, 0.25) is 0 Å². The third kappa shape index (κ3) is 6.39. The SMILES string of the molecule is CCCCCCCN1CCN(CC(O)c2ccnc3ccc(OC)cc23)C[C@@H]1C(C)O. The van der Waals surface area contributed by atoms with Gasteiger partial charge in [-0.1, -0.05) is 32.6 Å². The van der Waals surface area contributed by atoms with E-state index in [-0.39, 0.29) is 12.1 Å². The lowest BCUT2D eigenvalue weighted by Crippen LogP contribution is -2.57. The molecule has 3 rings (SSSR count). The van der Waals surface area contributed by atoms with Crippen LogP contribution in [0.1, 0.15) is 57.6 Å². The number of rotatable bonds is 11. The average Bonchev–Trinajstić information content (AvgIpc) is 2.78. The van der Waals surface area contributed by atoms with Crippen molar-refractivity contribution in [3.05, 3.63) is 36.0 Å². The number of pyridine rings is 1. The van der Waals surface area contributed by atoms with Crippen LogP contribution in [0.15, 0.2) is 30.5 Å². The third-order valence-corrected chi connectivity index (χ3v) is 6.50. The molecule has 31 heavy (non-hydrogen) atoms. The summed E-state index contributed by atoms with van der Waals surface area (Å²) in [4.78, 5) is 9.14. The van der Waals surface area contributed by atoms with Crippen molar-refractivity contribution in [1.82, 2.24) is 14.8 Å². The molecule has 0 bridgehead atoms. The second-order valence-corrected chi connectivity index (χ2v) is 8.82. The van der Waals surface area contributed by atoms with Gasteiger partial charge in [0.15, 0.2) is 0 Å². The maximum absolute atomic E-state index is 11.1. The number of unbranched alkanes of at least 4 members (excludes halogenated alkanes) is 4. The Morgan fingerprint density at radius 1 is 1.13 bits per heavy atom. The van der Waals surface area contributed by atoms with Crippen LogP contribution in [0.3, 0.4) is 0 Å². The van der Waals surface area contributed by atoms with Crippen LogP contribution < -0.4 is 4.74 Å². The summed E-state index contributed by atoms with van der Waals surface area (Å²) >= 11 is 0. The molecule has 1 aliphatic heterocycles. The van der Waals surface area contributed by atoms with E-state index in [1.54, 1.807) is 13.3 Å². The minimum Gasteiger partial charge on any atom is -0.497 e. The van der Waals surface area contributed by atoms with Gasteiger partial charge in [0.1, 0.15) is 5.75 Å². The van der Waals surface area contributed by atoms with E-state index in [4.69, 9.17) is 4.74 Å². The molecule has 2 N–H and O–H groups in total. The van der Waals surface area contributed by atoms with Crippen LogP contribution in [0, 0.1) is 0 Å². The lowest BCUT2D eigenvalue weighted by atomic mass is 10.0. The van der Waals surface area contributed by atoms with E-state index in [1.807, 2.05) is 31.2 Å². The fourth-order valence-corrected chi connectivity index (χ4v) is 4.63. The minimum absolute atomic E-state index is 0.112. The van der Waals surface area contributed by atoms with Gasteiger partial charge in [-0.15, -0.1) is 0 Å². The number of ether oxygens (including phenoxy) is 1. The molecular formula is C25H39N3O3. The van der Waals surface area contributed by atoms with Gasteiger partial charge < -0.3 is 14.9 Å². The monoisotopic (exact) mass is 429 g/mol. The number of methoxy groups -OCH3 is 1.